The van der Waals surface area contributed by atoms with Gasteiger partial charge in [0.25, 0.3) is 0 Å². The van der Waals surface area contributed by atoms with E-state index >= 15 is 0 Å². The van der Waals surface area contributed by atoms with Crippen molar-refractivity contribution in [2.45, 2.75) is 25.7 Å². The summed E-state index contributed by atoms with van der Waals surface area (Å²) in [5.74, 6) is -4.01. The summed E-state index contributed by atoms with van der Waals surface area (Å²) in [6, 6.07) is 0. The van der Waals surface area contributed by atoms with Gasteiger partial charge in [-0.3, -0.25) is 0 Å². The van der Waals surface area contributed by atoms with Crippen LogP contribution < -0.4 is 0 Å². The lowest BCUT2D eigenvalue weighted by atomic mass is 9.87. The second-order valence-corrected chi connectivity index (χ2v) is 6.61. The molecule has 1 N–H and O–H groups in total. The molecule has 0 saturated carbocycles. The Labute approximate surface area is 88.4 Å². The molecule has 2 unspecified atom stereocenters. The second kappa shape index (κ2) is 4.33. The van der Waals surface area contributed by atoms with E-state index in [2.05, 4.69) is 0 Å². The molecule has 0 aliphatic carbocycles. The molecule has 1 aliphatic heterocycles. The lowest BCUT2D eigenvalue weighted by molar-refractivity contribution is -0.0142. The third-order valence-electron chi connectivity index (χ3n) is 2.79. The minimum Gasteiger partial charge on any atom is -0.396 e. The summed E-state index contributed by atoms with van der Waals surface area (Å²) in [5, 5.41) is 8.99. The molecular formula is C9H16F2O3S. The zero-order chi connectivity index (χ0) is 11.7. The Morgan fingerprint density at radius 1 is 1.40 bits per heavy atom. The van der Waals surface area contributed by atoms with Crippen LogP contribution in [0.5, 0.6) is 0 Å². The molecule has 0 amide bonds. The molecule has 0 aromatic heterocycles. The molecule has 15 heavy (non-hydrogen) atoms. The highest BCUT2D eigenvalue weighted by molar-refractivity contribution is 7.91. The van der Waals surface area contributed by atoms with E-state index in [9.17, 15) is 17.2 Å². The lowest BCUT2D eigenvalue weighted by Gasteiger charge is -2.31. The number of sulfone groups is 1. The molecule has 1 rings (SSSR count). The predicted octanol–water partition coefficient (Wildman–Crippen LogP) is 1.07. The second-order valence-electron chi connectivity index (χ2n) is 4.38. The highest BCUT2D eigenvalue weighted by Gasteiger charge is 2.37. The van der Waals surface area contributed by atoms with E-state index in [0.29, 0.717) is 6.42 Å². The van der Waals surface area contributed by atoms with Crippen molar-refractivity contribution in [3.8, 4) is 0 Å². The smallest absolute Gasteiger partial charge is 0.245 e. The normalized spacial score (nSPS) is 31.5. The van der Waals surface area contributed by atoms with Gasteiger partial charge in [0.1, 0.15) is 0 Å². The molecule has 1 heterocycles. The molecule has 0 aromatic rings. The molecule has 3 nitrogen and oxygen atoms in total. The maximum atomic E-state index is 12.8. The summed E-state index contributed by atoms with van der Waals surface area (Å²) >= 11 is 0. The first-order valence-corrected chi connectivity index (χ1v) is 6.75. The van der Waals surface area contributed by atoms with Crippen LogP contribution in [0, 0.1) is 11.8 Å². The average molecular weight is 242 g/mol. The SMILES string of the molecule is CC(F)(F)CC1CS(=O)(=O)CCC1CO. The summed E-state index contributed by atoms with van der Waals surface area (Å²) in [5.41, 5.74) is 0. The van der Waals surface area contributed by atoms with E-state index in [1.54, 1.807) is 0 Å². The maximum absolute atomic E-state index is 12.8. The van der Waals surface area contributed by atoms with Crippen LogP contribution in [0.1, 0.15) is 19.8 Å². The van der Waals surface area contributed by atoms with Gasteiger partial charge >= 0.3 is 0 Å². The van der Waals surface area contributed by atoms with Crippen LogP contribution in [-0.2, 0) is 9.84 Å². The van der Waals surface area contributed by atoms with E-state index < -0.39 is 28.1 Å². The van der Waals surface area contributed by atoms with Gasteiger partial charge in [0.05, 0.1) is 11.5 Å². The highest BCUT2D eigenvalue weighted by Crippen LogP contribution is 2.33. The van der Waals surface area contributed by atoms with Gasteiger partial charge in [-0.05, 0) is 25.2 Å². The van der Waals surface area contributed by atoms with Crippen LogP contribution in [0.4, 0.5) is 8.78 Å². The van der Waals surface area contributed by atoms with Crippen molar-refractivity contribution in [2.75, 3.05) is 18.1 Å². The van der Waals surface area contributed by atoms with Gasteiger partial charge in [-0.25, -0.2) is 17.2 Å². The summed E-state index contributed by atoms with van der Waals surface area (Å²) in [6.07, 6.45) is -0.170. The lowest BCUT2D eigenvalue weighted by Crippen LogP contribution is -2.37. The minimum absolute atomic E-state index is 0.00398. The standard InChI is InChI=1S/C9H16F2O3S/c1-9(10,11)4-8-6-15(13,14)3-2-7(8)5-12/h7-8,12H,2-6H2,1H3. The number of rotatable bonds is 3. The van der Waals surface area contributed by atoms with Crippen molar-refractivity contribution in [1.29, 1.82) is 0 Å². The first kappa shape index (κ1) is 12.8. The summed E-state index contributed by atoms with van der Waals surface area (Å²) in [7, 11) is -3.19. The van der Waals surface area contributed by atoms with E-state index in [1.807, 2.05) is 0 Å². The van der Waals surface area contributed by atoms with Crippen LogP contribution in [-0.4, -0.2) is 37.6 Å². The van der Waals surface area contributed by atoms with E-state index in [1.165, 1.54) is 0 Å². The summed E-state index contributed by atoms with van der Waals surface area (Å²) in [6.45, 7) is 0.568. The topological polar surface area (TPSA) is 54.4 Å². The molecule has 1 fully saturated rings. The van der Waals surface area contributed by atoms with Gasteiger partial charge in [0.2, 0.25) is 5.92 Å². The first-order chi connectivity index (χ1) is 6.73. The van der Waals surface area contributed by atoms with Gasteiger partial charge in [-0.2, -0.15) is 0 Å². The first-order valence-electron chi connectivity index (χ1n) is 4.92. The average Bonchev–Trinajstić information content (AvgIpc) is 1.99. The Morgan fingerprint density at radius 3 is 2.47 bits per heavy atom. The van der Waals surface area contributed by atoms with Gasteiger partial charge in [-0.15, -0.1) is 0 Å². The molecule has 0 radical (unpaired) electrons. The molecule has 1 saturated heterocycles. The number of hydrogen-bond donors (Lipinski definition) is 1. The van der Waals surface area contributed by atoms with Crippen LogP contribution >= 0.6 is 0 Å². The number of aliphatic hydroxyl groups is 1. The number of alkyl halides is 2. The number of halogens is 2. The van der Waals surface area contributed by atoms with Crippen molar-refractivity contribution < 1.29 is 22.3 Å². The zero-order valence-electron chi connectivity index (χ0n) is 8.62. The molecule has 0 spiro atoms. The third-order valence-corrected chi connectivity index (χ3v) is 4.58. The van der Waals surface area contributed by atoms with Crippen LogP contribution in [0.25, 0.3) is 0 Å². The Hall–Kier alpha value is -0.230. The fourth-order valence-corrected chi connectivity index (χ4v) is 3.91. The van der Waals surface area contributed by atoms with Crippen molar-refractivity contribution in [1.82, 2.24) is 0 Å². The van der Waals surface area contributed by atoms with Crippen molar-refractivity contribution in [3.63, 3.8) is 0 Å². The Morgan fingerprint density at radius 2 is 2.00 bits per heavy atom. The van der Waals surface area contributed by atoms with E-state index in [0.717, 1.165) is 6.92 Å². The van der Waals surface area contributed by atoms with Crippen molar-refractivity contribution in [2.24, 2.45) is 11.8 Å². The fraction of sp³-hybridized carbons (Fsp3) is 1.00. The van der Waals surface area contributed by atoms with E-state index in [4.69, 9.17) is 5.11 Å². The van der Waals surface area contributed by atoms with E-state index in [-0.39, 0.29) is 24.0 Å². The fourth-order valence-electron chi connectivity index (χ4n) is 2.04. The molecule has 90 valence electrons. The Balaban J connectivity index is 2.72. The predicted molar refractivity (Wildman–Crippen MR) is 52.6 cm³/mol. The zero-order valence-corrected chi connectivity index (χ0v) is 9.43. The van der Waals surface area contributed by atoms with Crippen molar-refractivity contribution >= 4 is 9.84 Å². The summed E-state index contributed by atoms with van der Waals surface area (Å²) in [4.78, 5) is 0. The molecule has 2 atom stereocenters. The Kier molecular flexibility index (Phi) is 3.71. The Bertz CT molecular complexity index is 308. The summed E-state index contributed by atoms with van der Waals surface area (Å²) < 4.78 is 48.1. The van der Waals surface area contributed by atoms with Crippen LogP contribution in [0.2, 0.25) is 0 Å². The van der Waals surface area contributed by atoms with Crippen LogP contribution in [0.15, 0.2) is 0 Å². The molecule has 0 aromatic carbocycles. The van der Waals surface area contributed by atoms with Gasteiger partial charge < -0.3 is 5.11 Å². The largest absolute Gasteiger partial charge is 0.396 e. The van der Waals surface area contributed by atoms with Crippen LogP contribution in [0.3, 0.4) is 0 Å². The third kappa shape index (κ3) is 4.03. The quantitative estimate of drug-likeness (QED) is 0.805. The molecule has 1 aliphatic rings. The van der Waals surface area contributed by atoms with Gasteiger partial charge in [0, 0.05) is 13.0 Å². The van der Waals surface area contributed by atoms with Gasteiger partial charge in [0.15, 0.2) is 9.84 Å². The molecular weight excluding hydrogens is 226 g/mol. The molecule has 6 heteroatoms. The highest BCUT2D eigenvalue weighted by atomic mass is 32.2. The maximum Gasteiger partial charge on any atom is 0.245 e. The molecule has 0 bridgehead atoms. The van der Waals surface area contributed by atoms with Gasteiger partial charge in [-0.1, -0.05) is 0 Å². The van der Waals surface area contributed by atoms with Crippen molar-refractivity contribution in [3.05, 3.63) is 0 Å². The number of aliphatic hydroxyl groups excluding tert-OH is 1. The minimum atomic E-state index is -3.19. The monoisotopic (exact) mass is 242 g/mol. The number of hydrogen-bond acceptors (Lipinski definition) is 3.